The van der Waals surface area contributed by atoms with Crippen LogP contribution in [0.3, 0.4) is 0 Å². The van der Waals surface area contributed by atoms with Crippen molar-refractivity contribution >= 4 is 21.6 Å². The first-order valence-corrected chi connectivity index (χ1v) is 12.0. The predicted molar refractivity (Wildman–Crippen MR) is 76.0 cm³/mol. The van der Waals surface area contributed by atoms with Gasteiger partial charge in [0.2, 0.25) is 8.32 Å². The molecule has 0 aliphatic rings. The SMILES string of the molecule is C[Si](C)(C)C#Cc1cccc([Si](C)(C)O)c1. The van der Waals surface area contributed by atoms with Crippen LogP contribution in [0.5, 0.6) is 0 Å². The molecule has 1 aromatic carbocycles. The molecule has 1 N–H and O–H groups in total. The molecule has 1 rings (SSSR count). The van der Waals surface area contributed by atoms with Gasteiger partial charge in [-0.05, 0) is 30.4 Å². The molecule has 0 atom stereocenters. The highest BCUT2D eigenvalue weighted by atomic mass is 28.4. The van der Waals surface area contributed by atoms with Gasteiger partial charge in [-0.1, -0.05) is 37.7 Å². The average molecular weight is 248 g/mol. The van der Waals surface area contributed by atoms with E-state index < -0.39 is 16.4 Å². The molecule has 0 amide bonds. The van der Waals surface area contributed by atoms with Crippen LogP contribution in [0.15, 0.2) is 24.3 Å². The Balaban J connectivity index is 3.04. The second-order valence-electron chi connectivity index (χ2n) is 5.64. The molecule has 0 aliphatic carbocycles. The molecule has 0 heterocycles. The van der Waals surface area contributed by atoms with Gasteiger partial charge >= 0.3 is 0 Å². The summed E-state index contributed by atoms with van der Waals surface area (Å²) in [7, 11) is -3.51. The number of rotatable bonds is 1. The average Bonchev–Trinajstić information content (AvgIpc) is 2.13. The smallest absolute Gasteiger partial charge is 0.214 e. The Morgan fingerprint density at radius 3 is 2.19 bits per heavy atom. The van der Waals surface area contributed by atoms with Crippen molar-refractivity contribution in [3.63, 3.8) is 0 Å². The summed E-state index contributed by atoms with van der Waals surface area (Å²) in [6.07, 6.45) is 0. The summed E-state index contributed by atoms with van der Waals surface area (Å²) in [5.74, 6) is 3.22. The normalized spacial score (nSPS) is 11.9. The van der Waals surface area contributed by atoms with Gasteiger partial charge in [-0.2, -0.15) is 0 Å². The molecule has 0 unspecified atom stereocenters. The zero-order valence-corrected chi connectivity index (χ0v) is 12.8. The zero-order chi connectivity index (χ0) is 12.4. The molecular formula is C13H20OSi2. The summed E-state index contributed by atoms with van der Waals surface area (Å²) in [6.45, 7) is 10.5. The van der Waals surface area contributed by atoms with Crippen LogP contribution in [0.2, 0.25) is 32.7 Å². The van der Waals surface area contributed by atoms with Gasteiger partial charge in [0.05, 0.1) is 0 Å². The highest BCUT2D eigenvalue weighted by Crippen LogP contribution is 2.03. The number of benzene rings is 1. The van der Waals surface area contributed by atoms with Crippen molar-refractivity contribution in [2.45, 2.75) is 32.7 Å². The molecular weight excluding hydrogens is 228 g/mol. The molecule has 0 fully saturated rings. The Morgan fingerprint density at radius 1 is 1.06 bits per heavy atom. The van der Waals surface area contributed by atoms with Gasteiger partial charge in [0.1, 0.15) is 8.07 Å². The van der Waals surface area contributed by atoms with E-state index in [0.717, 1.165) is 10.8 Å². The minimum absolute atomic E-state index is 1.02. The second kappa shape index (κ2) is 4.58. The summed E-state index contributed by atoms with van der Waals surface area (Å²) in [4.78, 5) is 10.0. The summed E-state index contributed by atoms with van der Waals surface area (Å²) >= 11 is 0. The monoisotopic (exact) mass is 248 g/mol. The molecule has 0 spiro atoms. The molecule has 16 heavy (non-hydrogen) atoms. The van der Waals surface area contributed by atoms with Crippen LogP contribution >= 0.6 is 0 Å². The molecule has 0 radical (unpaired) electrons. The van der Waals surface area contributed by atoms with Crippen molar-refractivity contribution in [3.05, 3.63) is 29.8 Å². The van der Waals surface area contributed by atoms with Crippen molar-refractivity contribution in [3.8, 4) is 11.5 Å². The molecule has 0 saturated carbocycles. The standard InChI is InChI=1S/C13H20OSi2/c1-15(2,3)10-9-12-7-6-8-13(11-12)16(4,5)14/h6-8,11,14H,1-5H3. The van der Waals surface area contributed by atoms with Crippen LogP contribution in [0.1, 0.15) is 5.56 Å². The zero-order valence-electron chi connectivity index (χ0n) is 10.8. The molecule has 3 heteroatoms. The summed E-state index contributed by atoms with van der Waals surface area (Å²) in [6, 6.07) is 8.01. The fourth-order valence-corrected chi connectivity index (χ4v) is 2.77. The topological polar surface area (TPSA) is 20.2 Å². The molecule has 0 saturated heterocycles. The van der Waals surface area contributed by atoms with Crippen LogP contribution in [-0.4, -0.2) is 21.2 Å². The van der Waals surface area contributed by atoms with E-state index in [-0.39, 0.29) is 0 Å². The second-order valence-corrected chi connectivity index (χ2v) is 14.1. The molecule has 0 aromatic heterocycles. The van der Waals surface area contributed by atoms with E-state index in [1.807, 2.05) is 37.4 Å². The first-order chi connectivity index (χ1) is 7.18. The molecule has 1 nitrogen and oxygen atoms in total. The molecule has 86 valence electrons. The Bertz CT molecular complexity index is 428. The summed E-state index contributed by atoms with van der Waals surface area (Å²) in [5, 5.41) is 1.05. The lowest BCUT2D eigenvalue weighted by molar-refractivity contribution is 0.568. The largest absolute Gasteiger partial charge is 0.428 e. The first kappa shape index (κ1) is 13.2. The highest BCUT2D eigenvalue weighted by Gasteiger charge is 2.19. The van der Waals surface area contributed by atoms with Gasteiger partial charge in [-0.15, -0.1) is 5.54 Å². The lowest BCUT2D eigenvalue weighted by Gasteiger charge is -2.14. The van der Waals surface area contributed by atoms with Crippen LogP contribution in [-0.2, 0) is 0 Å². The van der Waals surface area contributed by atoms with E-state index >= 15 is 0 Å². The first-order valence-electron chi connectivity index (χ1n) is 5.54. The minimum atomic E-state index is -2.20. The predicted octanol–water partition coefficient (Wildman–Crippen LogP) is 2.32. The van der Waals surface area contributed by atoms with Crippen molar-refractivity contribution < 1.29 is 4.80 Å². The van der Waals surface area contributed by atoms with E-state index in [1.165, 1.54) is 0 Å². The van der Waals surface area contributed by atoms with Gasteiger partial charge in [-0.25, -0.2) is 0 Å². The van der Waals surface area contributed by atoms with E-state index in [2.05, 4.69) is 31.1 Å². The molecule has 1 aromatic rings. The quantitative estimate of drug-likeness (QED) is 0.597. The maximum Gasteiger partial charge on any atom is 0.214 e. The number of hydrogen-bond acceptors (Lipinski definition) is 1. The van der Waals surface area contributed by atoms with Gasteiger partial charge in [-0.3, -0.25) is 0 Å². The van der Waals surface area contributed by atoms with Crippen molar-refractivity contribution in [2.75, 3.05) is 0 Å². The van der Waals surface area contributed by atoms with Crippen LogP contribution < -0.4 is 5.19 Å². The van der Waals surface area contributed by atoms with Gasteiger partial charge in [0.15, 0.2) is 0 Å². The summed E-state index contributed by atoms with van der Waals surface area (Å²) < 4.78 is 0. The molecule has 0 aliphatic heterocycles. The van der Waals surface area contributed by atoms with E-state index in [9.17, 15) is 4.80 Å². The third-order valence-corrected chi connectivity index (χ3v) is 4.75. The van der Waals surface area contributed by atoms with Gasteiger partial charge in [0, 0.05) is 5.56 Å². The molecule has 0 bridgehead atoms. The van der Waals surface area contributed by atoms with E-state index in [4.69, 9.17) is 0 Å². The Hall–Kier alpha value is -0.826. The Kier molecular flexibility index (Phi) is 3.79. The van der Waals surface area contributed by atoms with Gasteiger partial charge in [0.25, 0.3) is 0 Å². The van der Waals surface area contributed by atoms with Crippen molar-refractivity contribution in [2.24, 2.45) is 0 Å². The van der Waals surface area contributed by atoms with Crippen molar-refractivity contribution in [1.29, 1.82) is 0 Å². The third-order valence-electron chi connectivity index (χ3n) is 2.15. The van der Waals surface area contributed by atoms with E-state index in [0.29, 0.717) is 0 Å². The van der Waals surface area contributed by atoms with Crippen LogP contribution in [0, 0.1) is 11.5 Å². The highest BCUT2D eigenvalue weighted by molar-refractivity contribution is 6.84. The minimum Gasteiger partial charge on any atom is -0.428 e. The van der Waals surface area contributed by atoms with Crippen LogP contribution in [0.4, 0.5) is 0 Å². The summed E-state index contributed by atoms with van der Waals surface area (Å²) in [5.41, 5.74) is 4.36. The third kappa shape index (κ3) is 4.35. The fraction of sp³-hybridized carbons (Fsp3) is 0.385. The lowest BCUT2D eigenvalue weighted by Crippen LogP contribution is -2.41. The lowest BCUT2D eigenvalue weighted by atomic mass is 10.2. The Labute approximate surface area is 101 Å². The maximum absolute atomic E-state index is 10.0. The Morgan fingerprint density at radius 2 is 1.69 bits per heavy atom. The van der Waals surface area contributed by atoms with Gasteiger partial charge < -0.3 is 4.80 Å². The number of hydrogen-bond donors (Lipinski definition) is 1. The van der Waals surface area contributed by atoms with Crippen molar-refractivity contribution in [1.82, 2.24) is 0 Å². The maximum atomic E-state index is 10.0. The van der Waals surface area contributed by atoms with E-state index in [1.54, 1.807) is 0 Å². The van der Waals surface area contributed by atoms with Crippen LogP contribution in [0.25, 0.3) is 0 Å². The fourth-order valence-electron chi connectivity index (χ4n) is 1.24.